The van der Waals surface area contributed by atoms with E-state index in [2.05, 4.69) is 44.2 Å². The van der Waals surface area contributed by atoms with Crippen molar-refractivity contribution >= 4 is 17.4 Å². The van der Waals surface area contributed by atoms with E-state index in [1.807, 2.05) is 6.07 Å². The number of fused-ring (bicyclic) bond motifs is 1. The summed E-state index contributed by atoms with van der Waals surface area (Å²) >= 11 is 1.78. The molecule has 1 aliphatic heterocycles. The number of anilines is 1. The summed E-state index contributed by atoms with van der Waals surface area (Å²) < 4.78 is 5.99. The Labute approximate surface area is 124 Å². The highest BCUT2D eigenvalue weighted by molar-refractivity contribution is 7.99. The van der Waals surface area contributed by atoms with Gasteiger partial charge in [0.25, 0.3) is 0 Å². The van der Waals surface area contributed by atoms with Crippen molar-refractivity contribution in [1.82, 2.24) is 0 Å². The zero-order valence-corrected chi connectivity index (χ0v) is 12.7. The molecule has 1 atom stereocenters. The zero-order chi connectivity index (χ0) is 14.1. The molecular weight excluding hydrogens is 266 g/mol. The van der Waals surface area contributed by atoms with Gasteiger partial charge in [-0.05, 0) is 43.2 Å². The molecule has 0 aromatic heterocycles. The Hall–Kier alpha value is -1.61. The summed E-state index contributed by atoms with van der Waals surface area (Å²) in [6, 6.07) is 12.6. The third-order valence-corrected chi connectivity index (χ3v) is 4.77. The molecule has 20 heavy (non-hydrogen) atoms. The molecule has 2 aromatic rings. The number of nitrogens with two attached hydrogens (primary N) is 1. The fraction of sp³-hybridized carbons (Fsp3) is 0.294. The van der Waals surface area contributed by atoms with Crippen LogP contribution in [0.3, 0.4) is 0 Å². The maximum absolute atomic E-state index is 6.05. The Kier molecular flexibility index (Phi) is 3.62. The van der Waals surface area contributed by atoms with E-state index in [0.29, 0.717) is 0 Å². The first-order valence-electron chi connectivity index (χ1n) is 6.87. The Morgan fingerprint density at radius 3 is 2.70 bits per heavy atom. The Morgan fingerprint density at radius 2 is 1.90 bits per heavy atom. The summed E-state index contributed by atoms with van der Waals surface area (Å²) in [4.78, 5) is 1.14. The van der Waals surface area contributed by atoms with Crippen LogP contribution in [0.5, 0.6) is 5.75 Å². The first-order chi connectivity index (χ1) is 9.61. The van der Waals surface area contributed by atoms with E-state index < -0.39 is 0 Å². The lowest BCUT2D eigenvalue weighted by Crippen LogP contribution is -2.15. The molecule has 0 spiro atoms. The van der Waals surface area contributed by atoms with Crippen molar-refractivity contribution in [2.24, 2.45) is 0 Å². The van der Waals surface area contributed by atoms with Gasteiger partial charge in [-0.15, -0.1) is 11.8 Å². The van der Waals surface area contributed by atoms with Crippen LogP contribution in [0.1, 0.15) is 16.7 Å². The van der Waals surface area contributed by atoms with Gasteiger partial charge in [-0.2, -0.15) is 0 Å². The number of rotatable bonds is 3. The predicted octanol–water partition coefficient (Wildman–Crippen LogP) is 3.98. The quantitative estimate of drug-likeness (QED) is 0.684. The van der Waals surface area contributed by atoms with Gasteiger partial charge < -0.3 is 10.5 Å². The largest absolute Gasteiger partial charge is 0.489 e. The molecule has 0 saturated carbocycles. The lowest BCUT2D eigenvalue weighted by molar-refractivity contribution is 0.259. The minimum atomic E-state index is 0.248. The molecule has 0 fully saturated rings. The van der Waals surface area contributed by atoms with E-state index in [1.165, 1.54) is 16.7 Å². The average molecular weight is 285 g/mol. The van der Waals surface area contributed by atoms with Gasteiger partial charge >= 0.3 is 0 Å². The molecule has 1 heterocycles. The van der Waals surface area contributed by atoms with Crippen molar-refractivity contribution in [3.05, 3.63) is 53.1 Å². The molecule has 0 amide bonds. The summed E-state index contributed by atoms with van der Waals surface area (Å²) in [5.41, 5.74) is 10.7. The second-order valence-corrected chi connectivity index (χ2v) is 6.47. The summed E-state index contributed by atoms with van der Waals surface area (Å²) in [6.45, 7) is 4.18. The minimum Gasteiger partial charge on any atom is -0.489 e. The number of thioether (sulfide) groups is 1. The SMILES string of the molecule is Cc1ccc(SCC2Cc3cc(C)ccc3O2)c(N)c1. The maximum Gasteiger partial charge on any atom is 0.123 e. The predicted molar refractivity (Wildman–Crippen MR) is 85.6 cm³/mol. The van der Waals surface area contributed by atoms with Crippen LogP contribution in [0.25, 0.3) is 0 Å². The Bertz CT molecular complexity index is 639. The van der Waals surface area contributed by atoms with Crippen LogP contribution in [0.4, 0.5) is 5.69 Å². The maximum atomic E-state index is 6.05. The summed E-state index contributed by atoms with van der Waals surface area (Å²) in [7, 11) is 0. The monoisotopic (exact) mass is 285 g/mol. The van der Waals surface area contributed by atoms with Crippen LogP contribution in [0, 0.1) is 13.8 Å². The number of hydrogen-bond donors (Lipinski definition) is 1. The van der Waals surface area contributed by atoms with Crippen molar-refractivity contribution in [2.75, 3.05) is 11.5 Å². The number of hydrogen-bond acceptors (Lipinski definition) is 3. The highest BCUT2D eigenvalue weighted by Gasteiger charge is 2.23. The van der Waals surface area contributed by atoms with Crippen molar-refractivity contribution < 1.29 is 4.74 Å². The van der Waals surface area contributed by atoms with E-state index in [-0.39, 0.29) is 6.10 Å². The van der Waals surface area contributed by atoms with Crippen LogP contribution in [-0.4, -0.2) is 11.9 Å². The molecule has 1 unspecified atom stereocenters. The van der Waals surface area contributed by atoms with Gasteiger partial charge in [0.05, 0.1) is 0 Å². The summed E-state index contributed by atoms with van der Waals surface area (Å²) in [5, 5.41) is 0. The molecule has 3 heteroatoms. The third-order valence-electron chi connectivity index (χ3n) is 3.55. The normalized spacial score (nSPS) is 16.8. The first-order valence-corrected chi connectivity index (χ1v) is 7.85. The van der Waals surface area contributed by atoms with E-state index >= 15 is 0 Å². The number of aryl methyl sites for hydroxylation is 2. The van der Waals surface area contributed by atoms with Gasteiger partial charge in [0.15, 0.2) is 0 Å². The zero-order valence-electron chi connectivity index (χ0n) is 11.8. The minimum absolute atomic E-state index is 0.248. The van der Waals surface area contributed by atoms with Gasteiger partial charge in [-0.1, -0.05) is 23.8 Å². The van der Waals surface area contributed by atoms with Gasteiger partial charge in [-0.3, -0.25) is 0 Å². The van der Waals surface area contributed by atoms with Crippen molar-refractivity contribution in [2.45, 2.75) is 31.3 Å². The smallest absolute Gasteiger partial charge is 0.123 e. The van der Waals surface area contributed by atoms with E-state index in [9.17, 15) is 0 Å². The molecule has 2 aromatic carbocycles. The van der Waals surface area contributed by atoms with Gasteiger partial charge in [0.1, 0.15) is 11.9 Å². The highest BCUT2D eigenvalue weighted by Crippen LogP contribution is 2.33. The number of nitrogen functional groups attached to an aromatic ring is 1. The molecule has 1 aliphatic rings. The Morgan fingerprint density at radius 1 is 1.15 bits per heavy atom. The molecular formula is C17H19NOS. The van der Waals surface area contributed by atoms with Crippen molar-refractivity contribution in [3.63, 3.8) is 0 Å². The lowest BCUT2D eigenvalue weighted by atomic mass is 10.1. The molecule has 104 valence electrons. The average Bonchev–Trinajstić information content (AvgIpc) is 2.79. The molecule has 0 aliphatic carbocycles. The van der Waals surface area contributed by atoms with Crippen LogP contribution in [-0.2, 0) is 6.42 Å². The fourth-order valence-corrected chi connectivity index (χ4v) is 3.47. The second kappa shape index (κ2) is 5.41. The third kappa shape index (κ3) is 2.78. The fourth-order valence-electron chi connectivity index (χ4n) is 2.52. The van der Waals surface area contributed by atoms with Crippen LogP contribution in [0.2, 0.25) is 0 Å². The lowest BCUT2D eigenvalue weighted by Gasteiger charge is -2.11. The first kappa shape index (κ1) is 13.4. The number of benzene rings is 2. The van der Waals surface area contributed by atoms with Gasteiger partial charge in [-0.25, -0.2) is 0 Å². The molecule has 2 nitrogen and oxygen atoms in total. The van der Waals surface area contributed by atoms with Crippen LogP contribution in [0.15, 0.2) is 41.3 Å². The van der Waals surface area contributed by atoms with Gasteiger partial charge in [0.2, 0.25) is 0 Å². The standard InChI is InChI=1S/C17H19NOS/c1-11-3-5-16-13(7-11)9-14(19-16)10-20-17-6-4-12(2)8-15(17)18/h3-8,14H,9-10,18H2,1-2H3. The molecule has 0 bridgehead atoms. The molecule has 3 rings (SSSR count). The molecule has 2 N–H and O–H groups in total. The van der Waals surface area contributed by atoms with Crippen molar-refractivity contribution in [3.8, 4) is 5.75 Å². The van der Waals surface area contributed by atoms with E-state index in [1.54, 1.807) is 11.8 Å². The second-order valence-electron chi connectivity index (χ2n) is 5.41. The van der Waals surface area contributed by atoms with E-state index in [0.717, 1.165) is 28.5 Å². The highest BCUT2D eigenvalue weighted by atomic mass is 32.2. The molecule has 0 radical (unpaired) electrons. The summed E-state index contributed by atoms with van der Waals surface area (Å²) in [6.07, 6.45) is 1.24. The van der Waals surface area contributed by atoms with Crippen molar-refractivity contribution in [1.29, 1.82) is 0 Å². The Balaban J connectivity index is 1.63. The van der Waals surface area contributed by atoms with Crippen LogP contribution < -0.4 is 10.5 Å². The van der Waals surface area contributed by atoms with Crippen LogP contribution >= 0.6 is 11.8 Å². The van der Waals surface area contributed by atoms with E-state index in [4.69, 9.17) is 10.5 Å². The number of ether oxygens (including phenoxy) is 1. The molecule has 0 saturated heterocycles. The summed E-state index contributed by atoms with van der Waals surface area (Å²) in [5.74, 6) is 1.97. The topological polar surface area (TPSA) is 35.2 Å². The van der Waals surface area contributed by atoms with Gasteiger partial charge in [0, 0.05) is 22.8 Å².